The van der Waals surface area contributed by atoms with Crippen LogP contribution >= 0.6 is 7.82 Å². The van der Waals surface area contributed by atoms with Crippen molar-refractivity contribution in [1.29, 1.82) is 0 Å². The van der Waals surface area contributed by atoms with E-state index < -0.39 is 67.8 Å². The first-order chi connectivity index (χ1) is 20.4. The lowest BCUT2D eigenvalue weighted by atomic mass is 9.93. The molecule has 0 bridgehead atoms. The minimum absolute atomic E-state index is 0.0667. The van der Waals surface area contributed by atoms with E-state index in [1.807, 2.05) is 13.8 Å². The number of rotatable bonds is 18. The Bertz CT molecular complexity index is 1220. The van der Waals surface area contributed by atoms with Crippen molar-refractivity contribution in [2.75, 3.05) is 13.2 Å². The van der Waals surface area contributed by atoms with E-state index in [0.29, 0.717) is 6.42 Å². The van der Waals surface area contributed by atoms with Crippen LogP contribution in [0.2, 0.25) is 0 Å². The highest BCUT2D eigenvalue weighted by Gasteiger charge is 2.50. The highest BCUT2D eigenvalue weighted by atomic mass is 31.2. The van der Waals surface area contributed by atoms with Crippen molar-refractivity contribution in [2.45, 2.75) is 90.6 Å². The van der Waals surface area contributed by atoms with Crippen molar-refractivity contribution < 1.29 is 47.6 Å². The molecule has 2 rings (SSSR count). The highest BCUT2D eigenvalue weighted by molar-refractivity contribution is 7.43. The van der Waals surface area contributed by atoms with Crippen LogP contribution in [-0.2, 0) is 44.2 Å². The number of carbonyl (C=O) groups excluding carboxylic acids is 5. The average Bonchev–Trinajstić information content (AvgIpc) is 3.67. The molecule has 15 heteroatoms. The summed E-state index contributed by atoms with van der Waals surface area (Å²) < 4.78 is 20.5. The van der Waals surface area contributed by atoms with E-state index >= 15 is 0 Å². The maximum Gasteiger partial charge on any atom is 0.245 e. The van der Waals surface area contributed by atoms with E-state index in [1.54, 1.807) is 51.1 Å². The number of phosphoric ester groups is 1. The third kappa shape index (κ3) is 12.8. The lowest BCUT2D eigenvalue weighted by molar-refractivity contribution is -0.341. The molecule has 1 aromatic rings. The Hall–Kier alpha value is -3.16. The van der Waals surface area contributed by atoms with Gasteiger partial charge in [0.25, 0.3) is 0 Å². The number of epoxide rings is 1. The maximum atomic E-state index is 13.6. The van der Waals surface area contributed by atoms with Gasteiger partial charge in [0.1, 0.15) is 23.7 Å². The van der Waals surface area contributed by atoms with Crippen LogP contribution in [0.15, 0.2) is 30.3 Å². The molecule has 0 spiro atoms. The first-order valence-electron chi connectivity index (χ1n) is 14.5. The van der Waals surface area contributed by atoms with Gasteiger partial charge in [-0.05, 0) is 37.2 Å². The predicted molar refractivity (Wildman–Crippen MR) is 155 cm³/mol. The largest absolute Gasteiger partial charge is 0.790 e. The Morgan fingerprint density at radius 2 is 1.32 bits per heavy atom. The number of hydrogen-bond acceptors (Lipinski definition) is 10. The first-order valence-corrected chi connectivity index (χ1v) is 15.9. The minimum atomic E-state index is -5.46. The number of hydrogen-bond donors (Lipinski definition) is 4. The number of nitrogens with one attached hydrogen (secondary N) is 4. The van der Waals surface area contributed by atoms with Gasteiger partial charge in [0.15, 0.2) is 5.78 Å². The van der Waals surface area contributed by atoms with Crippen LogP contribution in [-0.4, -0.2) is 72.4 Å². The number of Topliss-reactive ketones (excluding diaryl/α,β-unsaturated/α-hetero) is 1. The van der Waals surface area contributed by atoms with Crippen molar-refractivity contribution >= 4 is 37.2 Å². The zero-order chi connectivity index (χ0) is 33.2. The molecular formula is C29H43N4O10P-2. The van der Waals surface area contributed by atoms with Gasteiger partial charge in [0, 0.05) is 13.3 Å². The van der Waals surface area contributed by atoms with Crippen LogP contribution in [0.5, 0.6) is 0 Å². The monoisotopic (exact) mass is 638 g/mol. The SMILES string of the molecule is CC(=O)N[C@@H](COP(=O)([O-])[O-])C(=O)N[C@@H](CC(C)C)C(=O)N[C@@H](Cc1ccccc1)C(=O)N[C@@H](CC(C)C)C(=O)[C@@]1(C)CO1. The van der Waals surface area contributed by atoms with Crippen molar-refractivity contribution in [3.8, 4) is 0 Å². The molecule has 1 aliphatic heterocycles. The second-order valence-corrected chi connectivity index (χ2v) is 13.2. The Morgan fingerprint density at radius 3 is 1.82 bits per heavy atom. The van der Waals surface area contributed by atoms with Gasteiger partial charge in [0.05, 0.1) is 27.1 Å². The smallest absolute Gasteiger partial charge is 0.245 e. The van der Waals surface area contributed by atoms with E-state index in [0.717, 1.165) is 12.5 Å². The third-order valence-electron chi connectivity index (χ3n) is 6.79. The molecule has 4 amide bonds. The molecule has 1 aliphatic rings. The molecule has 1 aromatic carbocycles. The Kier molecular flexibility index (Phi) is 13.7. The normalized spacial score (nSPS) is 19.0. The Morgan fingerprint density at radius 1 is 0.841 bits per heavy atom. The summed E-state index contributed by atoms with van der Waals surface area (Å²) in [5.41, 5.74) is -0.248. The maximum absolute atomic E-state index is 13.6. The molecule has 44 heavy (non-hydrogen) atoms. The van der Waals surface area contributed by atoms with E-state index in [1.165, 1.54) is 0 Å². The van der Waals surface area contributed by atoms with E-state index in [-0.39, 0.29) is 37.1 Å². The molecule has 14 nitrogen and oxygen atoms in total. The zero-order valence-corrected chi connectivity index (χ0v) is 26.8. The fraction of sp³-hybridized carbons (Fsp3) is 0.621. The van der Waals surface area contributed by atoms with Crippen LogP contribution in [0.1, 0.15) is 59.9 Å². The Balaban J connectivity index is 2.30. The van der Waals surface area contributed by atoms with Gasteiger partial charge in [-0.3, -0.25) is 24.0 Å². The molecule has 4 N–H and O–H groups in total. The number of amides is 4. The first kappa shape index (κ1) is 37.0. The summed E-state index contributed by atoms with van der Waals surface area (Å²) in [4.78, 5) is 86.9. The van der Waals surface area contributed by atoms with Crippen LogP contribution in [0.25, 0.3) is 0 Å². The Labute approximate surface area is 257 Å². The summed E-state index contributed by atoms with van der Waals surface area (Å²) in [5, 5.41) is 10.1. The minimum Gasteiger partial charge on any atom is -0.790 e. The van der Waals surface area contributed by atoms with Gasteiger partial charge in [0.2, 0.25) is 23.6 Å². The van der Waals surface area contributed by atoms with Gasteiger partial charge >= 0.3 is 0 Å². The topological polar surface area (TPSA) is 218 Å². The lowest BCUT2D eigenvalue weighted by Gasteiger charge is -2.31. The van der Waals surface area contributed by atoms with Gasteiger partial charge in [-0.25, -0.2) is 0 Å². The summed E-state index contributed by atoms with van der Waals surface area (Å²) >= 11 is 0. The van der Waals surface area contributed by atoms with Crippen LogP contribution in [0.3, 0.4) is 0 Å². The molecular weight excluding hydrogens is 595 g/mol. The van der Waals surface area contributed by atoms with Crippen molar-refractivity contribution in [1.82, 2.24) is 21.3 Å². The average molecular weight is 639 g/mol. The molecule has 246 valence electrons. The summed E-state index contributed by atoms with van der Waals surface area (Å²) in [7, 11) is -5.46. The molecule has 0 radical (unpaired) electrons. The summed E-state index contributed by atoms with van der Waals surface area (Å²) in [5.74, 6) is -3.34. The standard InChI is InChI=1S/C29H45N4O10P/c1-17(2)12-21(25(35)29(6)16-42-29)31-27(37)23(14-20-10-8-7-9-11-20)33-26(36)22(13-18(3)4)32-28(38)24(30-19(5)34)15-43-44(39,40)41/h7-11,17-18,21-24H,12-16H2,1-6H3,(H,30,34)(H,31,37)(H,32,38)(H,33,36)(H2,39,40,41)/p-2/t21-,22-,23-,24-,29+/m0/s1. The van der Waals surface area contributed by atoms with E-state index in [9.17, 15) is 38.3 Å². The molecule has 1 fully saturated rings. The fourth-order valence-electron chi connectivity index (χ4n) is 4.50. The molecule has 1 saturated heterocycles. The van der Waals surface area contributed by atoms with Crippen molar-refractivity contribution in [3.05, 3.63) is 35.9 Å². The van der Waals surface area contributed by atoms with Crippen molar-refractivity contribution in [2.24, 2.45) is 11.8 Å². The highest BCUT2D eigenvalue weighted by Crippen LogP contribution is 2.29. The number of ketones is 1. The fourth-order valence-corrected chi connectivity index (χ4v) is 4.83. The van der Waals surface area contributed by atoms with Crippen LogP contribution in [0, 0.1) is 11.8 Å². The molecule has 0 unspecified atom stereocenters. The van der Waals surface area contributed by atoms with Crippen molar-refractivity contribution in [3.63, 3.8) is 0 Å². The molecule has 0 aliphatic carbocycles. The van der Waals surface area contributed by atoms with Gasteiger partial charge in [-0.2, -0.15) is 0 Å². The lowest BCUT2D eigenvalue weighted by Crippen LogP contribution is -2.59. The van der Waals surface area contributed by atoms with Crippen LogP contribution in [0.4, 0.5) is 0 Å². The number of carbonyl (C=O) groups is 5. The predicted octanol–water partition coefficient (Wildman–Crippen LogP) is -0.516. The van der Waals surface area contributed by atoms with E-state index in [4.69, 9.17) is 4.74 Å². The summed E-state index contributed by atoms with van der Waals surface area (Å²) in [6, 6.07) is 4.09. The third-order valence-corrected chi connectivity index (χ3v) is 7.25. The molecule has 0 aromatic heterocycles. The molecule has 1 heterocycles. The quantitative estimate of drug-likeness (QED) is 0.119. The summed E-state index contributed by atoms with van der Waals surface area (Å²) in [6.45, 7) is 9.43. The van der Waals surface area contributed by atoms with Gasteiger partial charge < -0.3 is 44.9 Å². The van der Waals surface area contributed by atoms with Crippen LogP contribution < -0.4 is 31.1 Å². The second kappa shape index (κ2) is 16.2. The number of benzene rings is 1. The van der Waals surface area contributed by atoms with Gasteiger partial charge in [-0.1, -0.05) is 58.0 Å². The number of phosphoric acid groups is 1. The molecule has 5 atom stereocenters. The molecule has 0 saturated carbocycles. The summed E-state index contributed by atoms with van der Waals surface area (Å²) in [6.07, 6.45) is 0.534. The second-order valence-electron chi connectivity index (χ2n) is 12.0. The van der Waals surface area contributed by atoms with Gasteiger partial charge in [-0.15, -0.1) is 0 Å². The number of ether oxygens (including phenoxy) is 1. The van der Waals surface area contributed by atoms with E-state index in [2.05, 4.69) is 25.8 Å². The zero-order valence-electron chi connectivity index (χ0n) is 25.9.